The first-order valence-corrected chi connectivity index (χ1v) is 6.73. The number of hydrogen-bond donors (Lipinski definition) is 2. The molecule has 0 saturated carbocycles. The number of H-pyrrole nitrogens is 1. The standard InChI is InChI=1S/C10H15N3O4S/c14-8(15)6-18-10-12-11-9(16)13(10)4-7-2-1-3-17-5-7/h7H,1-6H2,(H,11,16)(H,14,15). The molecule has 1 unspecified atom stereocenters. The smallest absolute Gasteiger partial charge is 0.343 e. The number of aromatic nitrogens is 3. The number of ether oxygens (including phenoxy) is 1. The summed E-state index contributed by atoms with van der Waals surface area (Å²) in [5.74, 6) is -0.743. The lowest BCUT2D eigenvalue weighted by atomic mass is 10.0. The molecule has 0 radical (unpaired) electrons. The van der Waals surface area contributed by atoms with E-state index in [9.17, 15) is 9.59 Å². The van der Waals surface area contributed by atoms with Crippen LogP contribution in [0.15, 0.2) is 9.95 Å². The SMILES string of the molecule is O=C(O)CSc1n[nH]c(=O)n1CC1CCCOC1. The molecule has 2 rings (SSSR count). The van der Waals surface area contributed by atoms with Crippen molar-refractivity contribution >= 4 is 17.7 Å². The Hall–Kier alpha value is -1.28. The third-order valence-electron chi connectivity index (χ3n) is 2.74. The fourth-order valence-corrected chi connectivity index (χ4v) is 2.59. The highest BCUT2D eigenvalue weighted by Gasteiger charge is 2.18. The summed E-state index contributed by atoms with van der Waals surface area (Å²) in [7, 11) is 0. The molecule has 7 nitrogen and oxygen atoms in total. The molecule has 0 amide bonds. The van der Waals surface area contributed by atoms with Crippen molar-refractivity contribution in [2.24, 2.45) is 5.92 Å². The molecular weight excluding hydrogens is 258 g/mol. The number of nitrogens with one attached hydrogen (secondary N) is 1. The number of aromatic amines is 1. The third-order valence-corrected chi connectivity index (χ3v) is 3.70. The maximum Gasteiger partial charge on any atom is 0.343 e. The van der Waals surface area contributed by atoms with Gasteiger partial charge in [0.15, 0.2) is 5.16 Å². The summed E-state index contributed by atoms with van der Waals surface area (Å²) in [4.78, 5) is 22.1. The van der Waals surface area contributed by atoms with E-state index in [4.69, 9.17) is 9.84 Å². The van der Waals surface area contributed by atoms with E-state index in [2.05, 4.69) is 10.2 Å². The predicted octanol–water partition coefficient (Wildman–Crippen LogP) is 0.175. The Morgan fingerprint density at radius 3 is 3.17 bits per heavy atom. The van der Waals surface area contributed by atoms with Crippen molar-refractivity contribution in [3.05, 3.63) is 10.5 Å². The van der Waals surface area contributed by atoms with Crippen LogP contribution in [-0.2, 0) is 16.1 Å². The zero-order valence-corrected chi connectivity index (χ0v) is 10.6. The highest BCUT2D eigenvalue weighted by Crippen LogP contribution is 2.18. The van der Waals surface area contributed by atoms with Gasteiger partial charge in [0.1, 0.15) is 0 Å². The first-order valence-electron chi connectivity index (χ1n) is 5.74. The Balaban J connectivity index is 2.03. The number of carboxylic acid groups (broad SMARTS) is 1. The van der Waals surface area contributed by atoms with E-state index < -0.39 is 5.97 Å². The van der Waals surface area contributed by atoms with Crippen LogP contribution < -0.4 is 5.69 Å². The molecule has 1 aromatic rings. The first-order chi connectivity index (χ1) is 8.66. The number of rotatable bonds is 5. The number of hydrogen-bond acceptors (Lipinski definition) is 5. The Morgan fingerprint density at radius 1 is 1.67 bits per heavy atom. The van der Waals surface area contributed by atoms with Gasteiger partial charge in [-0.2, -0.15) is 0 Å². The first kappa shape index (κ1) is 13.2. The van der Waals surface area contributed by atoms with Gasteiger partial charge in [-0.15, -0.1) is 5.10 Å². The van der Waals surface area contributed by atoms with Crippen LogP contribution >= 0.6 is 11.8 Å². The van der Waals surface area contributed by atoms with Crippen molar-refractivity contribution in [1.82, 2.24) is 14.8 Å². The molecule has 1 aliphatic rings. The van der Waals surface area contributed by atoms with E-state index in [1.54, 1.807) is 0 Å². The van der Waals surface area contributed by atoms with Crippen LogP contribution in [0.1, 0.15) is 12.8 Å². The molecule has 0 spiro atoms. The molecule has 1 atom stereocenters. The minimum Gasteiger partial charge on any atom is -0.481 e. The molecule has 2 heterocycles. The van der Waals surface area contributed by atoms with Crippen LogP contribution in [0.2, 0.25) is 0 Å². The summed E-state index contributed by atoms with van der Waals surface area (Å²) in [6.07, 6.45) is 2.01. The molecule has 1 saturated heterocycles. The van der Waals surface area contributed by atoms with E-state index in [-0.39, 0.29) is 11.4 Å². The van der Waals surface area contributed by atoms with Crippen molar-refractivity contribution < 1.29 is 14.6 Å². The Morgan fingerprint density at radius 2 is 2.50 bits per heavy atom. The van der Waals surface area contributed by atoms with E-state index in [0.717, 1.165) is 31.2 Å². The summed E-state index contributed by atoms with van der Waals surface area (Å²) in [6.45, 7) is 1.94. The molecular formula is C10H15N3O4S. The minimum absolute atomic E-state index is 0.106. The summed E-state index contributed by atoms with van der Waals surface area (Å²) in [5, 5.41) is 15.2. The molecule has 0 aliphatic carbocycles. The van der Waals surface area contributed by atoms with Crippen molar-refractivity contribution in [2.75, 3.05) is 19.0 Å². The monoisotopic (exact) mass is 273 g/mol. The maximum absolute atomic E-state index is 11.6. The largest absolute Gasteiger partial charge is 0.481 e. The third kappa shape index (κ3) is 3.36. The highest BCUT2D eigenvalue weighted by atomic mass is 32.2. The quantitative estimate of drug-likeness (QED) is 0.742. The van der Waals surface area contributed by atoms with Crippen LogP contribution in [0.5, 0.6) is 0 Å². The Bertz CT molecular complexity index is 464. The van der Waals surface area contributed by atoms with Crippen molar-refractivity contribution in [3.63, 3.8) is 0 Å². The lowest BCUT2D eigenvalue weighted by Gasteiger charge is -2.22. The normalized spacial score (nSPS) is 19.9. The van der Waals surface area contributed by atoms with Crippen molar-refractivity contribution in [3.8, 4) is 0 Å². The second-order valence-corrected chi connectivity index (χ2v) is 5.13. The average molecular weight is 273 g/mol. The molecule has 0 aromatic carbocycles. The van der Waals surface area contributed by atoms with Gasteiger partial charge in [-0.1, -0.05) is 11.8 Å². The van der Waals surface area contributed by atoms with Crippen LogP contribution in [0.4, 0.5) is 0 Å². The topological polar surface area (TPSA) is 97.2 Å². The fourth-order valence-electron chi connectivity index (χ4n) is 1.91. The summed E-state index contributed by atoms with van der Waals surface area (Å²) < 4.78 is 6.85. The predicted molar refractivity (Wildman–Crippen MR) is 64.8 cm³/mol. The maximum atomic E-state index is 11.6. The molecule has 2 N–H and O–H groups in total. The molecule has 1 fully saturated rings. The van der Waals surface area contributed by atoms with Crippen LogP contribution in [-0.4, -0.2) is 44.8 Å². The van der Waals surface area contributed by atoms with Gasteiger partial charge >= 0.3 is 11.7 Å². The minimum atomic E-state index is -0.928. The second kappa shape index (κ2) is 6.05. The lowest BCUT2D eigenvalue weighted by Crippen LogP contribution is -2.27. The number of thioether (sulfide) groups is 1. The van der Waals surface area contributed by atoms with Crippen LogP contribution in [0.25, 0.3) is 0 Å². The van der Waals surface area contributed by atoms with Gasteiger partial charge in [0, 0.05) is 19.1 Å². The van der Waals surface area contributed by atoms with Gasteiger partial charge in [0.05, 0.1) is 12.4 Å². The number of aliphatic carboxylic acids is 1. The van der Waals surface area contributed by atoms with Crippen molar-refractivity contribution in [1.29, 1.82) is 0 Å². The zero-order valence-electron chi connectivity index (χ0n) is 9.79. The lowest BCUT2D eigenvalue weighted by molar-refractivity contribution is -0.133. The molecule has 0 bridgehead atoms. The molecule has 8 heteroatoms. The van der Waals surface area contributed by atoms with E-state index >= 15 is 0 Å². The molecule has 1 aliphatic heterocycles. The number of nitrogens with zero attached hydrogens (tertiary/aromatic N) is 2. The second-order valence-electron chi connectivity index (χ2n) is 4.19. The summed E-state index contributed by atoms with van der Waals surface area (Å²) >= 11 is 1.04. The fraction of sp³-hybridized carbons (Fsp3) is 0.700. The van der Waals surface area contributed by atoms with Crippen molar-refractivity contribution in [2.45, 2.75) is 24.5 Å². The van der Waals surface area contributed by atoms with Gasteiger partial charge in [0.25, 0.3) is 0 Å². The van der Waals surface area contributed by atoms with Crippen LogP contribution in [0, 0.1) is 5.92 Å². The van der Waals surface area contributed by atoms with E-state index in [0.29, 0.717) is 24.2 Å². The average Bonchev–Trinajstić information content (AvgIpc) is 2.70. The zero-order chi connectivity index (χ0) is 13.0. The van der Waals surface area contributed by atoms with Gasteiger partial charge in [-0.05, 0) is 12.8 Å². The molecule has 100 valence electrons. The van der Waals surface area contributed by atoms with E-state index in [1.165, 1.54) is 4.57 Å². The Kier molecular flexibility index (Phi) is 4.43. The number of carboxylic acids is 1. The van der Waals surface area contributed by atoms with E-state index in [1.807, 2.05) is 0 Å². The van der Waals surface area contributed by atoms with Gasteiger partial charge in [-0.25, -0.2) is 9.89 Å². The highest BCUT2D eigenvalue weighted by molar-refractivity contribution is 7.99. The summed E-state index contributed by atoms with van der Waals surface area (Å²) in [5.41, 5.74) is -0.298. The molecule has 18 heavy (non-hydrogen) atoms. The Labute approximate surface area is 108 Å². The van der Waals surface area contributed by atoms with Crippen LogP contribution in [0.3, 0.4) is 0 Å². The van der Waals surface area contributed by atoms with Gasteiger partial charge in [0.2, 0.25) is 0 Å². The van der Waals surface area contributed by atoms with Gasteiger partial charge in [-0.3, -0.25) is 9.36 Å². The van der Waals surface area contributed by atoms with Gasteiger partial charge < -0.3 is 9.84 Å². The molecule has 1 aromatic heterocycles. The summed E-state index contributed by atoms with van der Waals surface area (Å²) in [6, 6.07) is 0. The number of carbonyl (C=O) groups is 1.